The quantitative estimate of drug-likeness (QED) is 0.823. The van der Waals surface area contributed by atoms with Crippen LogP contribution in [0.3, 0.4) is 0 Å². The van der Waals surface area contributed by atoms with Gasteiger partial charge in [-0.25, -0.2) is 0 Å². The van der Waals surface area contributed by atoms with E-state index >= 15 is 0 Å². The molecule has 1 heterocycles. The van der Waals surface area contributed by atoms with E-state index in [9.17, 15) is 9.59 Å². The largest absolute Gasteiger partial charge is 0.347 e. The number of carbonyl (C=O) groups is 2. The minimum Gasteiger partial charge on any atom is -0.347 e. The number of carbonyl (C=O) groups excluding carboxylic acids is 2. The lowest BCUT2D eigenvalue weighted by Gasteiger charge is -2.31. The number of amides is 2. The van der Waals surface area contributed by atoms with E-state index in [2.05, 4.69) is 10.6 Å². The Morgan fingerprint density at radius 2 is 2.10 bits per heavy atom. The number of benzene rings is 1. The fourth-order valence-corrected chi connectivity index (χ4v) is 2.29. The van der Waals surface area contributed by atoms with Crippen molar-refractivity contribution in [3.05, 3.63) is 35.9 Å². The van der Waals surface area contributed by atoms with Crippen molar-refractivity contribution in [1.29, 1.82) is 0 Å². The lowest BCUT2D eigenvalue weighted by atomic mass is 10.1. The smallest absolute Gasteiger partial charge is 0.242 e. The van der Waals surface area contributed by atoms with Crippen LogP contribution in [-0.4, -0.2) is 48.9 Å². The SMILES string of the molecule is CC1CN(C(=O)CNC(=O)Cc2ccccc2)CCN1. The molecule has 0 aliphatic carbocycles. The lowest BCUT2D eigenvalue weighted by Crippen LogP contribution is -2.53. The maximum Gasteiger partial charge on any atom is 0.242 e. The Labute approximate surface area is 119 Å². The number of hydrogen-bond donors (Lipinski definition) is 2. The molecule has 1 aromatic rings. The molecule has 1 fully saturated rings. The molecule has 2 rings (SSSR count). The summed E-state index contributed by atoms with van der Waals surface area (Å²) in [6, 6.07) is 9.83. The maximum absolute atomic E-state index is 12.0. The van der Waals surface area contributed by atoms with Crippen LogP contribution < -0.4 is 10.6 Å². The molecule has 2 amide bonds. The van der Waals surface area contributed by atoms with Gasteiger partial charge < -0.3 is 15.5 Å². The van der Waals surface area contributed by atoms with Crippen LogP contribution in [0, 0.1) is 0 Å². The van der Waals surface area contributed by atoms with Crippen molar-refractivity contribution in [2.75, 3.05) is 26.2 Å². The summed E-state index contributed by atoms with van der Waals surface area (Å²) in [4.78, 5) is 25.5. The fourth-order valence-electron chi connectivity index (χ4n) is 2.29. The Bertz CT molecular complexity index is 461. The highest BCUT2D eigenvalue weighted by Crippen LogP contribution is 2.00. The highest BCUT2D eigenvalue weighted by atomic mass is 16.2. The molecule has 5 nitrogen and oxygen atoms in total. The third-order valence-corrected chi connectivity index (χ3v) is 3.37. The summed E-state index contributed by atoms with van der Waals surface area (Å²) in [6.07, 6.45) is 0.312. The molecule has 1 aliphatic heterocycles. The van der Waals surface area contributed by atoms with Gasteiger partial charge in [0.05, 0.1) is 13.0 Å². The predicted octanol–water partition coefficient (Wildman–Crippen LogP) is 0.166. The van der Waals surface area contributed by atoms with E-state index in [-0.39, 0.29) is 18.4 Å². The van der Waals surface area contributed by atoms with Crippen molar-refractivity contribution >= 4 is 11.8 Å². The van der Waals surface area contributed by atoms with Gasteiger partial charge in [0.15, 0.2) is 0 Å². The molecule has 2 N–H and O–H groups in total. The lowest BCUT2D eigenvalue weighted by molar-refractivity contribution is -0.133. The van der Waals surface area contributed by atoms with Crippen molar-refractivity contribution in [3.63, 3.8) is 0 Å². The van der Waals surface area contributed by atoms with Gasteiger partial charge in [-0.3, -0.25) is 9.59 Å². The predicted molar refractivity (Wildman–Crippen MR) is 77.2 cm³/mol. The number of nitrogens with zero attached hydrogens (tertiary/aromatic N) is 1. The fraction of sp³-hybridized carbons (Fsp3) is 0.467. The van der Waals surface area contributed by atoms with Crippen LogP contribution >= 0.6 is 0 Å². The second-order valence-electron chi connectivity index (χ2n) is 5.13. The first-order valence-corrected chi connectivity index (χ1v) is 6.97. The number of rotatable bonds is 4. The Balaban J connectivity index is 1.74. The van der Waals surface area contributed by atoms with Gasteiger partial charge in [0.25, 0.3) is 0 Å². The molecule has 1 unspecified atom stereocenters. The Morgan fingerprint density at radius 3 is 2.80 bits per heavy atom. The zero-order valence-electron chi connectivity index (χ0n) is 11.8. The number of hydrogen-bond acceptors (Lipinski definition) is 3. The van der Waals surface area contributed by atoms with Crippen molar-refractivity contribution in [3.8, 4) is 0 Å². The molecule has 1 saturated heterocycles. The first kappa shape index (κ1) is 14.5. The molecule has 0 spiro atoms. The van der Waals surface area contributed by atoms with Crippen molar-refractivity contribution < 1.29 is 9.59 Å². The van der Waals surface area contributed by atoms with E-state index in [4.69, 9.17) is 0 Å². The second kappa shape index (κ2) is 7.05. The van der Waals surface area contributed by atoms with E-state index in [0.717, 1.165) is 12.1 Å². The molecular weight excluding hydrogens is 254 g/mol. The zero-order chi connectivity index (χ0) is 14.4. The molecular formula is C15H21N3O2. The van der Waals surface area contributed by atoms with Gasteiger partial charge >= 0.3 is 0 Å². The van der Waals surface area contributed by atoms with E-state index in [1.807, 2.05) is 37.3 Å². The molecule has 1 aliphatic rings. The van der Waals surface area contributed by atoms with Gasteiger partial charge in [-0.1, -0.05) is 30.3 Å². The van der Waals surface area contributed by atoms with Crippen LogP contribution in [0.5, 0.6) is 0 Å². The van der Waals surface area contributed by atoms with Gasteiger partial charge in [-0.05, 0) is 12.5 Å². The Morgan fingerprint density at radius 1 is 1.35 bits per heavy atom. The molecule has 0 bridgehead atoms. The third-order valence-electron chi connectivity index (χ3n) is 3.37. The minimum atomic E-state index is -0.118. The zero-order valence-corrected chi connectivity index (χ0v) is 11.8. The second-order valence-corrected chi connectivity index (χ2v) is 5.13. The monoisotopic (exact) mass is 275 g/mol. The van der Waals surface area contributed by atoms with Gasteiger partial charge in [0.2, 0.25) is 11.8 Å². The molecule has 108 valence electrons. The number of nitrogens with one attached hydrogen (secondary N) is 2. The van der Waals surface area contributed by atoms with E-state index in [0.29, 0.717) is 25.6 Å². The van der Waals surface area contributed by atoms with Crippen molar-refractivity contribution in [1.82, 2.24) is 15.5 Å². The summed E-state index contributed by atoms with van der Waals surface area (Å²) < 4.78 is 0. The highest BCUT2D eigenvalue weighted by molar-refractivity contribution is 5.85. The number of piperazine rings is 1. The van der Waals surface area contributed by atoms with Gasteiger partial charge in [-0.2, -0.15) is 0 Å². The van der Waals surface area contributed by atoms with Gasteiger partial charge in [0.1, 0.15) is 0 Å². The van der Waals surface area contributed by atoms with E-state index in [1.165, 1.54) is 0 Å². The van der Waals surface area contributed by atoms with Gasteiger partial charge in [0, 0.05) is 25.7 Å². The summed E-state index contributed by atoms with van der Waals surface area (Å²) in [6.45, 7) is 4.35. The molecule has 0 radical (unpaired) electrons. The first-order valence-electron chi connectivity index (χ1n) is 6.97. The maximum atomic E-state index is 12.0. The Kier molecular flexibility index (Phi) is 5.12. The summed E-state index contributed by atoms with van der Waals surface area (Å²) in [5.41, 5.74) is 0.952. The van der Waals surface area contributed by atoms with Crippen LogP contribution in [0.2, 0.25) is 0 Å². The van der Waals surface area contributed by atoms with E-state index < -0.39 is 0 Å². The van der Waals surface area contributed by atoms with Crippen LogP contribution in [0.1, 0.15) is 12.5 Å². The van der Waals surface area contributed by atoms with Crippen LogP contribution in [0.25, 0.3) is 0 Å². The van der Waals surface area contributed by atoms with Crippen molar-refractivity contribution in [2.24, 2.45) is 0 Å². The normalized spacial score (nSPS) is 18.6. The molecule has 5 heteroatoms. The third kappa shape index (κ3) is 4.35. The van der Waals surface area contributed by atoms with Crippen LogP contribution in [-0.2, 0) is 16.0 Å². The minimum absolute atomic E-state index is 0.0141. The molecule has 0 saturated carbocycles. The van der Waals surface area contributed by atoms with Gasteiger partial charge in [-0.15, -0.1) is 0 Å². The average molecular weight is 275 g/mol. The van der Waals surface area contributed by atoms with Crippen molar-refractivity contribution in [2.45, 2.75) is 19.4 Å². The molecule has 1 aromatic carbocycles. The molecule has 1 atom stereocenters. The highest BCUT2D eigenvalue weighted by Gasteiger charge is 2.20. The van der Waals surface area contributed by atoms with Crippen LogP contribution in [0.15, 0.2) is 30.3 Å². The van der Waals surface area contributed by atoms with E-state index in [1.54, 1.807) is 4.90 Å². The topological polar surface area (TPSA) is 61.4 Å². The molecule has 0 aromatic heterocycles. The summed E-state index contributed by atoms with van der Waals surface area (Å²) >= 11 is 0. The Hall–Kier alpha value is -1.88. The first-order chi connectivity index (χ1) is 9.65. The molecule has 20 heavy (non-hydrogen) atoms. The standard InChI is InChI=1S/C15H21N3O2/c1-12-11-18(8-7-16-12)15(20)10-17-14(19)9-13-5-3-2-4-6-13/h2-6,12,16H,7-11H2,1H3,(H,17,19). The average Bonchev–Trinajstić information content (AvgIpc) is 2.46. The summed E-state index contributed by atoms with van der Waals surface area (Å²) in [5.74, 6) is -0.132. The summed E-state index contributed by atoms with van der Waals surface area (Å²) in [7, 11) is 0. The van der Waals surface area contributed by atoms with Crippen LogP contribution in [0.4, 0.5) is 0 Å². The summed E-state index contributed by atoms with van der Waals surface area (Å²) in [5, 5.41) is 5.98.